The van der Waals surface area contributed by atoms with Crippen molar-refractivity contribution in [2.75, 3.05) is 51.6 Å². The summed E-state index contributed by atoms with van der Waals surface area (Å²) in [4.78, 5) is 5.04. The van der Waals surface area contributed by atoms with Gasteiger partial charge in [-0.2, -0.15) is 5.10 Å². The molecule has 2 fully saturated rings. The minimum Gasteiger partial charge on any atom is -0.368 e. The van der Waals surface area contributed by atoms with Crippen molar-refractivity contribution in [1.82, 2.24) is 20.0 Å². The summed E-state index contributed by atoms with van der Waals surface area (Å²) >= 11 is 0. The Hall–Kier alpha value is -1.20. The molecule has 1 saturated heterocycles. The van der Waals surface area contributed by atoms with Crippen LogP contribution in [0, 0.1) is 5.41 Å². The van der Waals surface area contributed by atoms with Gasteiger partial charge in [0.1, 0.15) is 5.82 Å². The molecule has 0 spiro atoms. The third-order valence-electron chi connectivity index (χ3n) is 5.03. The number of piperazine rings is 1. The molecule has 0 aromatic carbocycles. The molecule has 0 unspecified atom stereocenters. The minimum atomic E-state index is 0.438. The summed E-state index contributed by atoms with van der Waals surface area (Å²) in [5, 5.41) is 12.1. The largest absolute Gasteiger partial charge is 0.368 e. The third kappa shape index (κ3) is 3.96. The number of likely N-dealkylation sites (N-methyl/N-ethyl adjacent to an activating group) is 1. The highest BCUT2D eigenvalue weighted by Crippen LogP contribution is 2.46. The molecule has 1 aromatic heterocycles. The monoisotopic (exact) mass is 303 g/mol. The first-order valence-electron chi connectivity index (χ1n) is 8.55. The van der Waals surface area contributed by atoms with E-state index in [2.05, 4.69) is 58.3 Å². The zero-order chi connectivity index (χ0) is 15.6. The zero-order valence-corrected chi connectivity index (χ0v) is 14.2. The van der Waals surface area contributed by atoms with Gasteiger partial charge in [0.15, 0.2) is 0 Å². The van der Waals surface area contributed by atoms with E-state index in [1.54, 1.807) is 0 Å². The number of aromatic nitrogens is 2. The predicted octanol–water partition coefficient (Wildman–Crippen LogP) is 2.04. The standard InChI is InChI=1S/C17H29N5/c1-14(2)15-4-5-16(20-19-15)18-12-17(6-7-17)13-22-10-8-21(3)9-11-22/h4-5,14H,6-13H2,1-3H3,(H,18,20). The van der Waals surface area contributed by atoms with E-state index in [0.29, 0.717) is 11.3 Å². The van der Waals surface area contributed by atoms with E-state index >= 15 is 0 Å². The maximum absolute atomic E-state index is 4.31. The Morgan fingerprint density at radius 1 is 1.14 bits per heavy atom. The van der Waals surface area contributed by atoms with Crippen molar-refractivity contribution in [3.8, 4) is 0 Å². The van der Waals surface area contributed by atoms with Crippen LogP contribution >= 0.6 is 0 Å². The molecule has 1 aliphatic carbocycles. The molecule has 0 amide bonds. The lowest BCUT2D eigenvalue weighted by Crippen LogP contribution is -2.47. The van der Waals surface area contributed by atoms with Crippen LogP contribution in [0.4, 0.5) is 5.82 Å². The summed E-state index contributed by atoms with van der Waals surface area (Å²) in [5.41, 5.74) is 1.53. The number of rotatable bonds is 6. The van der Waals surface area contributed by atoms with Gasteiger partial charge in [0.25, 0.3) is 0 Å². The van der Waals surface area contributed by atoms with Crippen molar-refractivity contribution < 1.29 is 0 Å². The molecule has 1 N–H and O–H groups in total. The van der Waals surface area contributed by atoms with Gasteiger partial charge >= 0.3 is 0 Å². The highest BCUT2D eigenvalue weighted by Gasteiger charge is 2.43. The maximum Gasteiger partial charge on any atom is 0.148 e. The van der Waals surface area contributed by atoms with Crippen molar-refractivity contribution in [2.24, 2.45) is 5.41 Å². The quantitative estimate of drug-likeness (QED) is 0.871. The summed E-state index contributed by atoms with van der Waals surface area (Å²) in [7, 11) is 2.21. The molecular formula is C17H29N5. The second-order valence-corrected chi connectivity index (χ2v) is 7.43. The Balaban J connectivity index is 1.48. The molecule has 2 heterocycles. The summed E-state index contributed by atoms with van der Waals surface area (Å²) < 4.78 is 0. The Morgan fingerprint density at radius 2 is 1.86 bits per heavy atom. The summed E-state index contributed by atoms with van der Waals surface area (Å²) in [6.07, 6.45) is 2.67. The lowest BCUT2D eigenvalue weighted by atomic mass is 10.1. The molecule has 0 atom stereocenters. The van der Waals surface area contributed by atoms with E-state index in [4.69, 9.17) is 0 Å². The average Bonchev–Trinajstić information content (AvgIpc) is 3.28. The van der Waals surface area contributed by atoms with Crippen LogP contribution in [-0.4, -0.2) is 66.3 Å². The van der Waals surface area contributed by atoms with Gasteiger partial charge in [-0.05, 0) is 37.9 Å². The summed E-state index contributed by atoms with van der Waals surface area (Å²) in [6, 6.07) is 4.15. The van der Waals surface area contributed by atoms with E-state index in [1.165, 1.54) is 45.6 Å². The highest BCUT2D eigenvalue weighted by atomic mass is 15.3. The van der Waals surface area contributed by atoms with Crippen LogP contribution in [0.5, 0.6) is 0 Å². The molecule has 22 heavy (non-hydrogen) atoms. The molecule has 5 heteroatoms. The minimum absolute atomic E-state index is 0.438. The van der Waals surface area contributed by atoms with Crippen LogP contribution in [0.15, 0.2) is 12.1 Å². The first-order valence-corrected chi connectivity index (χ1v) is 8.55. The van der Waals surface area contributed by atoms with E-state index in [9.17, 15) is 0 Å². The Labute approximate surface area is 134 Å². The fourth-order valence-corrected chi connectivity index (χ4v) is 3.07. The molecule has 3 rings (SSSR count). The maximum atomic E-state index is 4.31. The summed E-state index contributed by atoms with van der Waals surface area (Å²) in [6.45, 7) is 11.4. The van der Waals surface area contributed by atoms with Crippen LogP contribution in [0.2, 0.25) is 0 Å². The molecule has 1 aromatic rings. The van der Waals surface area contributed by atoms with Crippen molar-refractivity contribution in [2.45, 2.75) is 32.6 Å². The topological polar surface area (TPSA) is 44.3 Å². The average molecular weight is 303 g/mol. The zero-order valence-electron chi connectivity index (χ0n) is 14.2. The highest BCUT2D eigenvalue weighted by molar-refractivity contribution is 5.34. The van der Waals surface area contributed by atoms with Crippen molar-refractivity contribution in [3.63, 3.8) is 0 Å². The molecular weight excluding hydrogens is 274 g/mol. The lowest BCUT2D eigenvalue weighted by molar-refractivity contribution is 0.133. The van der Waals surface area contributed by atoms with Crippen LogP contribution < -0.4 is 5.32 Å². The molecule has 1 saturated carbocycles. The van der Waals surface area contributed by atoms with Gasteiger partial charge in [-0.15, -0.1) is 5.10 Å². The van der Waals surface area contributed by atoms with Gasteiger partial charge in [0, 0.05) is 44.7 Å². The normalized spacial score (nSPS) is 22.0. The van der Waals surface area contributed by atoms with Crippen LogP contribution in [0.25, 0.3) is 0 Å². The smallest absolute Gasteiger partial charge is 0.148 e. The third-order valence-corrected chi connectivity index (χ3v) is 5.03. The Kier molecular flexibility index (Phi) is 4.64. The van der Waals surface area contributed by atoms with Crippen molar-refractivity contribution in [3.05, 3.63) is 17.8 Å². The number of anilines is 1. The SMILES string of the molecule is CC(C)c1ccc(NCC2(CN3CCN(C)CC3)CC2)nn1. The van der Waals surface area contributed by atoms with Gasteiger partial charge in [0.2, 0.25) is 0 Å². The number of nitrogens with one attached hydrogen (secondary N) is 1. The molecule has 0 bridgehead atoms. The van der Waals surface area contributed by atoms with Crippen molar-refractivity contribution in [1.29, 1.82) is 0 Å². The van der Waals surface area contributed by atoms with Gasteiger partial charge in [-0.3, -0.25) is 0 Å². The second-order valence-electron chi connectivity index (χ2n) is 7.43. The number of hydrogen-bond donors (Lipinski definition) is 1. The van der Waals surface area contributed by atoms with E-state index in [0.717, 1.165) is 18.1 Å². The van der Waals surface area contributed by atoms with Gasteiger partial charge in [0.05, 0.1) is 5.69 Å². The van der Waals surface area contributed by atoms with Crippen LogP contribution in [0.3, 0.4) is 0 Å². The first-order chi connectivity index (χ1) is 10.6. The number of hydrogen-bond acceptors (Lipinski definition) is 5. The van der Waals surface area contributed by atoms with Gasteiger partial charge in [-0.1, -0.05) is 13.8 Å². The second kappa shape index (κ2) is 6.50. The van der Waals surface area contributed by atoms with Gasteiger partial charge in [-0.25, -0.2) is 0 Å². The fourth-order valence-electron chi connectivity index (χ4n) is 3.07. The predicted molar refractivity (Wildman–Crippen MR) is 90.2 cm³/mol. The molecule has 1 aliphatic heterocycles. The molecule has 0 radical (unpaired) electrons. The lowest BCUT2D eigenvalue weighted by Gasteiger charge is -2.35. The summed E-state index contributed by atoms with van der Waals surface area (Å²) in [5.74, 6) is 1.35. The Bertz CT molecular complexity index is 472. The number of nitrogens with zero attached hydrogens (tertiary/aromatic N) is 4. The molecule has 2 aliphatic rings. The molecule has 5 nitrogen and oxygen atoms in total. The fraction of sp³-hybridized carbons (Fsp3) is 0.765. The van der Waals surface area contributed by atoms with E-state index in [1.807, 2.05) is 0 Å². The van der Waals surface area contributed by atoms with Crippen molar-refractivity contribution >= 4 is 5.82 Å². The Morgan fingerprint density at radius 3 is 2.41 bits per heavy atom. The van der Waals surface area contributed by atoms with E-state index in [-0.39, 0.29) is 0 Å². The van der Waals surface area contributed by atoms with E-state index < -0.39 is 0 Å². The van der Waals surface area contributed by atoms with Crippen LogP contribution in [0.1, 0.15) is 38.3 Å². The van der Waals surface area contributed by atoms with Crippen LogP contribution in [-0.2, 0) is 0 Å². The first kappa shape index (κ1) is 15.7. The van der Waals surface area contributed by atoms with Gasteiger partial charge < -0.3 is 15.1 Å². The molecule has 122 valence electrons.